The molecular weight excluding hydrogens is 328 g/mol. The summed E-state index contributed by atoms with van der Waals surface area (Å²) in [6, 6.07) is 7.16. The van der Waals surface area contributed by atoms with Crippen LogP contribution in [0.5, 0.6) is 0 Å². The molecule has 1 fully saturated rings. The maximum Gasteiger partial charge on any atom is 0.407 e. The molecule has 134 valence electrons. The summed E-state index contributed by atoms with van der Waals surface area (Å²) in [7, 11) is -3.16. The van der Waals surface area contributed by atoms with Crippen molar-refractivity contribution in [3.63, 3.8) is 0 Å². The second-order valence-corrected chi connectivity index (χ2v) is 9.36. The molecule has 1 saturated carbocycles. The number of hydrogen-bond acceptors (Lipinski definition) is 5. The Bertz CT molecular complexity index is 672. The van der Waals surface area contributed by atoms with Gasteiger partial charge in [0.1, 0.15) is 5.60 Å². The van der Waals surface area contributed by atoms with Crippen LogP contribution >= 0.6 is 0 Å². The zero-order chi connectivity index (χ0) is 18.0. The molecule has 24 heavy (non-hydrogen) atoms. The Morgan fingerprint density at radius 2 is 1.75 bits per heavy atom. The fraction of sp³-hybridized carbons (Fsp3) is 0.588. The van der Waals surface area contributed by atoms with Gasteiger partial charge in [-0.05, 0) is 57.9 Å². The van der Waals surface area contributed by atoms with Gasteiger partial charge < -0.3 is 15.4 Å². The fourth-order valence-corrected chi connectivity index (χ4v) is 3.37. The quantitative estimate of drug-likeness (QED) is 0.849. The van der Waals surface area contributed by atoms with Crippen LogP contribution in [0.2, 0.25) is 0 Å². The molecule has 0 aromatic heterocycles. The van der Waals surface area contributed by atoms with Gasteiger partial charge in [-0.1, -0.05) is 6.92 Å². The fourth-order valence-electron chi connectivity index (χ4n) is 2.49. The lowest BCUT2D eigenvalue weighted by Crippen LogP contribution is -2.50. The third-order valence-electron chi connectivity index (χ3n) is 3.82. The second-order valence-electron chi connectivity index (χ2n) is 7.08. The van der Waals surface area contributed by atoms with Crippen LogP contribution in [0.3, 0.4) is 0 Å². The largest absolute Gasteiger partial charge is 0.444 e. The highest BCUT2D eigenvalue weighted by atomic mass is 32.2. The first-order valence-electron chi connectivity index (χ1n) is 8.18. The summed E-state index contributed by atoms with van der Waals surface area (Å²) in [5.74, 6) is 0.0976. The summed E-state index contributed by atoms with van der Waals surface area (Å²) in [5.41, 5.74) is 0.386. The van der Waals surface area contributed by atoms with Crippen LogP contribution in [-0.4, -0.2) is 37.9 Å². The molecule has 0 spiro atoms. The van der Waals surface area contributed by atoms with Gasteiger partial charge in [-0.3, -0.25) is 0 Å². The summed E-state index contributed by atoms with van der Waals surface area (Å²) in [4.78, 5) is 12.0. The lowest BCUT2D eigenvalue weighted by molar-refractivity contribution is 0.0475. The summed E-state index contributed by atoms with van der Waals surface area (Å²) in [6.45, 7) is 7.13. The second kappa shape index (κ2) is 7.01. The molecular formula is C17H26N2O4S. The Hall–Kier alpha value is -1.76. The van der Waals surface area contributed by atoms with Gasteiger partial charge in [-0.15, -0.1) is 0 Å². The van der Waals surface area contributed by atoms with Gasteiger partial charge in [0.2, 0.25) is 0 Å². The number of nitrogens with one attached hydrogen (secondary N) is 2. The third kappa shape index (κ3) is 5.12. The first-order valence-corrected chi connectivity index (χ1v) is 9.83. The molecule has 7 heteroatoms. The van der Waals surface area contributed by atoms with Crippen LogP contribution in [0.1, 0.15) is 40.5 Å². The van der Waals surface area contributed by atoms with Crippen molar-refractivity contribution in [2.45, 2.75) is 63.1 Å². The highest BCUT2D eigenvalue weighted by Gasteiger charge is 2.31. The number of sulfone groups is 1. The predicted octanol–water partition coefficient (Wildman–Crippen LogP) is 2.95. The Kier molecular flexibility index (Phi) is 5.42. The number of ether oxygens (including phenoxy) is 1. The van der Waals surface area contributed by atoms with E-state index >= 15 is 0 Å². The van der Waals surface area contributed by atoms with Gasteiger partial charge in [0, 0.05) is 17.8 Å². The molecule has 0 aliphatic heterocycles. The number of anilines is 1. The molecule has 2 N–H and O–H groups in total. The van der Waals surface area contributed by atoms with Crippen LogP contribution in [0, 0.1) is 0 Å². The van der Waals surface area contributed by atoms with Gasteiger partial charge in [-0.25, -0.2) is 13.2 Å². The van der Waals surface area contributed by atoms with Gasteiger partial charge in [0.25, 0.3) is 0 Å². The molecule has 0 unspecified atom stereocenters. The molecule has 1 aliphatic carbocycles. The van der Waals surface area contributed by atoms with E-state index in [0.29, 0.717) is 4.90 Å². The van der Waals surface area contributed by atoms with Crippen molar-refractivity contribution in [3.05, 3.63) is 24.3 Å². The minimum atomic E-state index is -3.16. The van der Waals surface area contributed by atoms with Crippen molar-refractivity contribution in [2.24, 2.45) is 0 Å². The van der Waals surface area contributed by atoms with E-state index in [-0.39, 0.29) is 23.9 Å². The first kappa shape index (κ1) is 18.6. The smallest absolute Gasteiger partial charge is 0.407 e. The third-order valence-corrected chi connectivity index (χ3v) is 5.57. The van der Waals surface area contributed by atoms with E-state index < -0.39 is 15.4 Å². The molecule has 1 aliphatic rings. The number of amides is 1. The predicted molar refractivity (Wildman–Crippen MR) is 94.0 cm³/mol. The van der Waals surface area contributed by atoms with Crippen molar-refractivity contribution in [1.82, 2.24) is 5.32 Å². The van der Waals surface area contributed by atoms with Gasteiger partial charge in [0.15, 0.2) is 9.84 Å². The summed E-state index contributed by atoms with van der Waals surface area (Å²) in [5, 5.41) is 6.18. The topological polar surface area (TPSA) is 84.5 Å². The van der Waals surface area contributed by atoms with E-state index in [0.717, 1.165) is 18.5 Å². The summed E-state index contributed by atoms with van der Waals surface area (Å²) in [6.07, 6.45) is 1.24. The van der Waals surface area contributed by atoms with Gasteiger partial charge in [0.05, 0.1) is 10.6 Å². The molecule has 1 amide bonds. The average molecular weight is 354 g/mol. The van der Waals surface area contributed by atoms with E-state index in [4.69, 9.17) is 4.74 Å². The van der Waals surface area contributed by atoms with Crippen LogP contribution in [0.25, 0.3) is 0 Å². The monoisotopic (exact) mass is 354 g/mol. The SMILES string of the molecule is CCS(=O)(=O)c1ccc(NC2CC(NC(=O)OC(C)(C)C)C2)cc1. The van der Waals surface area contributed by atoms with Crippen LogP contribution in [0.4, 0.5) is 10.5 Å². The maximum absolute atomic E-state index is 11.8. The Morgan fingerprint density at radius 1 is 1.17 bits per heavy atom. The zero-order valence-corrected chi connectivity index (χ0v) is 15.4. The van der Waals surface area contributed by atoms with Gasteiger partial charge in [-0.2, -0.15) is 0 Å². The number of benzene rings is 1. The van der Waals surface area contributed by atoms with Crippen molar-refractivity contribution in [1.29, 1.82) is 0 Å². The lowest BCUT2D eigenvalue weighted by Gasteiger charge is -2.37. The van der Waals surface area contributed by atoms with E-state index in [1.807, 2.05) is 20.8 Å². The lowest BCUT2D eigenvalue weighted by atomic mass is 9.86. The van der Waals surface area contributed by atoms with Crippen LogP contribution in [-0.2, 0) is 14.6 Å². The number of hydrogen-bond donors (Lipinski definition) is 2. The molecule has 0 bridgehead atoms. The molecule has 0 radical (unpaired) electrons. The van der Waals surface area contributed by atoms with E-state index in [1.54, 1.807) is 31.2 Å². The Morgan fingerprint density at radius 3 is 2.25 bits per heavy atom. The first-order chi connectivity index (χ1) is 11.1. The highest BCUT2D eigenvalue weighted by molar-refractivity contribution is 7.91. The molecule has 1 aromatic rings. The minimum absolute atomic E-state index is 0.0976. The Balaban J connectivity index is 1.78. The summed E-state index contributed by atoms with van der Waals surface area (Å²) >= 11 is 0. The van der Waals surface area contributed by atoms with Crippen molar-refractivity contribution < 1.29 is 17.9 Å². The molecule has 0 saturated heterocycles. The number of carbonyl (C=O) groups is 1. The average Bonchev–Trinajstić information content (AvgIpc) is 2.43. The standard InChI is InChI=1S/C17H26N2O4S/c1-5-24(21,22)15-8-6-12(7-9-15)18-13-10-14(11-13)19-16(20)23-17(2,3)4/h6-9,13-14,18H,5,10-11H2,1-4H3,(H,19,20). The number of alkyl carbamates (subject to hydrolysis) is 1. The van der Waals surface area contributed by atoms with Gasteiger partial charge >= 0.3 is 6.09 Å². The van der Waals surface area contributed by atoms with E-state index in [1.165, 1.54) is 0 Å². The maximum atomic E-state index is 11.8. The van der Waals surface area contributed by atoms with E-state index in [9.17, 15) is 13.2 Å². The normalized spacial score (nSPS) is 20.8. The van der Waals surface area contributed by atoms with Crippen molar-refractivity contribution >= 4 is 21.6 Å². The molecule has 6 nitrogen and oxygen atoms in total. The van der Waals surface area contributed by atoms with Crippen molar-refractivity contribution in [2.75, 3.05) is 11.1 Å². The number of carbonyl (C=O) groups excluding carboxylic acids is 1. The van der Waals surface area contributed by atoms with E-state index in [2.05, 4.69) is 10.6 Å². The van der Waals surface area contributed by atoms with Crippen LogP contribution in [0.15, 0.2) is 29.2 Å². The minimum Gasteiger partial charge on any atom is -0.444 e. The zero-order valence-electron chi connectivity index (χ0n) is 14.6. The molecule has 0 heterocycles. The Labute approximate surface area is 143 Å². The van der Waals surface area contributed by atoms with Crippen LogP contribution < -0.4 is 10.6 Å². The molecule has 1 aromatic carbocycles. The van der Waals surface area contributed by atoms with Crippen molar-refractivity contribution in [3.8, 4) is 0 Å². The molecule has 2 rings (SSSR count). The highest BCUT2D eigenvalue weighted by Crippen LogP contribution is 2.25. The summed E-state index contributed by atoms with van der Waals surface area (Å²) < 4.78 is 28.8. The molecule has 0 atom stereocenters. The number of rotatable bonds is 5.